The van der Waals surface area contributed by atoms with Crippen molar-refractivity contribution in [3.8, 4) is 0 Å². The highest BCUT2D eigenvalue weighted by Gasteiger charge is 2.62. The lowest BCUT2D eigenvalue weighted by atomic mass is 9.44. The van der Waals surface area contributed by atoms with Crippen LogP contribution in [-0.4, -0.2) is 36.7 Å². The summed E-state index contributed by atoms with van der Waals surface area (Å²) in [6.45, 7) is 19.7. The molecular weight excluding hydrogens is 638 g/mol. The highest BCUT2D eigenvalue weighted by Crippen LogP contribution is 2.68. The average Bonchev–Trinajstić information content (AvgIpc) is 3.77. The van der Waals surface area contributed by atoms with E-state index < -0.39 is 5.60 Å². The molecule has 0 saturated heterocycles. The second kappa shape index (κ2) is 14.8. The van der Waals surface area contributed by atoms with Crippen LogP contribution in [0.2, 0.25) is 5.02 Å². The normalized spacial score (nSPS) is 40.3. The molecule has 0 amide bonds. The van der Waals surface area contributed by atoms with Crippen molar-refractivity contribution in [2.45, 2.75) is 163 Å². The molecule has 0 spiro atoms. The van der Waals surface area contributed by atoms with E-state index in [1.807, 2.05) is 24.3 Å². The first-order chi connectivity index (χ1) is 23.6. The molecule has 0 radical (unpaired) electrons. The number of nitrogens with zero attached hydrogens (tertiary/aromatic N) is 3. The van der Waals surface area contributed by atoms with Crippen LogP contribution in [0, 0.1) is 63.6 Å². The van der Waals surface area contributed by atoms with E-state index in [0.29, 0.717) is 12.0 Å². The Labute approximate surface area is 309 Å². The predicted molar refractivity (Wildman–Crippen MR) is 206 cm³/mol. The summed E-state index contributed by atoms with van der Waals surface area (Å²) in [5.74, 6) is 7.01. The van der Waals surface area contributed by atoms with Crippen molar-refractivity contribution in [3.05, 3.63) is 47.5 Å². The Balaban J connectivity index is 0.000000182. The van der Waals surface area contributed by atoms with Gasteiger partial charge in [-0.15, -0.1) is 0 Å². The van der Waals surface area contributed by atoms with Gasteiger partial charge in [-0.1, -0.05) is 98.4 Å². The molecule has 6 heteroatoms. The zero-order chi connectivity index (χ0) is 36.1. The molecular formula is C44H70ClN3O2. The van der Waals surface area contributed by atoms with E-state index in [-0.39, 0.29) is 22.9 Å². The first kappa shape index (κ1) is 38.3. The number of benzene rings is 1. The molecule has 1 aromatic carbocycles. The van der Waals surface area contributed by atoms with Crippen molar-refractivity contribution >= 4 is 11.6 Å². The lowest BCUT2D eigenvalue weighted by Crippen LogP contribution is -2.57. The Morgan fingerprint density at radius 2 is 1.60 bits per heavy atom. The Bertz CT molecular complexity index is 1390. The minimum Gasteiger partial charge on any atom is -0.393 e. The van der Waals surface area contributed by atoms with Crippen LogP contribution in [0.15, 0.2) is 36.9 Å². The number of halogens is 1. The second-order valence-electron chi connectivity index (χ2n) is 19.5. The maximum atomic E-state index is 11.5. The number of fused-ring (bicyclic) bond motifs is 5. The Morgan fingerprint density at radius 1 is 0.860 bits per heavy atom. The van der Waals surface area contributed by atoms with Crippen LogP contribution in [0.4, 0.5) is 0 Å². The zero-order valence-corrected chi connectivity index (χ0v) is 33.5. The van der Waals surface area contributed by atoms with Gasteiger partial charge < -0.3 is 10.2 Å². The van der Waals surface area contributed by atoms with E-state index >= 15 is 0 Å². The summed E-state index contributed by atoms with van der Waals surface area (Å²) in [6.07, 6.45) is 20.2. The van der Waals surface area contributed by atoms with Gasteiger partial charge in [-0.3, -0.25) is 4.68 Å². The number of rotatable bonds is 8. The van der Waals surface area contributed by atoms with Crippen LogP contribution in [0.5, 0.6) is 0 Å². The van der Waals surface area contributed by atoms with Gasteiger partial charge in [-0.25, -0.2) is 4.98 Å². The summed E-state index contributed by atoms with van der Waals surface area (Å²) >= 11 is 5.98. The fourth-order valence-electron chi connectivity index (χ4n) is 12.8. The zero-order valence-electron chi connectivity index (χ0n) is 32.8. The number of hydrogen-bond acceptors (Lipinski definition) is 4. The van der Waals surface area contributed by atoms with Gasteiger partial charge in [-0.05, 0) is 145 Å². The summed E-state index contributed by atoms with van der Waals surface area (Å²) in [5, 5.41) is 27.4. The van der Waals surface area contributed by atoms with E-state index in [0.717, 1.165) is 77.2 Å². The third-order valence-corrected chi connectivity index (χ3v) is 16.9. The van der Waals surface area contributed by atoms with Crippen molar-refractivity contribution in [3.63, 3.8) is 0 Å². The number of aliphatic hydroxyl groups excluding tert-OH is 1. The van der Waals surface area contributed by atoms with Gasteiger partial charge in [0, 0.05) is 10.9 Å². The molecule has 12 atom stereocenters. The molecule has 2 N–H and O–H groups in total. The largest absolute Gasteiger partial charge is 0.393 e. The quantitative estimate of drug-likeness (QED) is 0.286. The molecule has 1 aromatic heterocycles. The van der Waals surface area contributed by atoms with E-state index in [1.54, 1.807) is 11.0 Å². The predicted octanol–water partition coefficient (Wildman–Crippen LogP) is 11.0. The van der Waals surface area contributed by atoms with Gasteiger partial charge >= 0.3 is 0 Å². The maximum absolute atomic E-state index is 11.5. The van der Waals surface area contributed by atoms with E-state index in [1.165, 1.54) is 70.5 Å². The molecule has 5 fully saturated rings. The highest BCUT2D eigenvalue weighted by atomic mass is 35.5. The second-order valence-corrected chi connectivity index (χ2v) is 19.9. The van der Waals surface area contributed by atoms with Crippen LogP contribution < -0.4 is 0 Å². The van der Waals surface area contributed by atoms with Crippen molar-refractivity contribution in [2.75, 3.05) is 0 Å². The van der Waals surface area contributed by atoms with Gasteiger partial charge in [-0.2, -0.15) is 5.10 Å². The van der Waals surface area contributed by atoms with Crippen LogP contribution in [0.25, 0.3) is 0 Å². The first-order valence-electron chi connectivity index (χ1n) is 20.6. The topological polar surface area (TPSA) is 71.2 Å². The molecule has 0 aliphatic heterocycles. The molecule has 0 bridgehead atoms. The van der Waals surface area contributed by atoms with Crippen molar-refractivity contribution < 1.29 is 10.2 Å². The fourth-order valence-corrected chi connectivity index (χ4v) is 12.9. The summed E-state index contributed by atoms with van der Waals surface area (Å²) in [6, 6.07) is 7.80. The number of aromatic nitrogens is 3. The average molecular weight is 709 g/mol. The molecule has 5 nitrogen and oxygen atoms in total. The molecule has 5 aliphatic carbocycles. The monoisotopic (exact) mass is 708 g/mol. The number of aliphatic hydroxyl groups is 2. The van der Waals surface area contributed by atoms with Crippen LogP contribution in [0.3, 0.4) is 0 Å². The molecule has 7 rings (SSSR count). The van der Waals surface area contributed by atoms with Crippen LogP contribution in [0.1, 0.15) is 150 Å². The van der Waals surface area contributed by atoms with Crippen LogP contribution in [-0.2, 0) is 6.54 Å². The van der Waals surface area contributed by atoms with Crippen LogP contribution >= 0.6 is 11.6 Å². The van der Waals surface area contributed by atoms with Gasteiger partial charge in [0.1, 0.15) is 12.7 Å². The molecule has 1 heterocycles. The molecule has 5 saturated carbocycles. The third kappa shape index (κ3) is 6.88. The van der Waals surface area contributed by atoms with Gasteiger partial charge in [0.2, 0.25) is 0 Å². The highest BCUT2D eigenvalue weighted by molar-refractivity contribution is 6.30. The van der Waals surface area contributed by atoms with Crippen molar-refractivity contribution in [2.24, 2.45) is 63.6 Å². The van der Waals surface area contributed by atoms with Gasteiger partial charge in [0.25, 0.3) is 0 Å². The molecule has 280 valence electrons. The Kier molecular flexibility index (Phi) is 11.3. The SMILES string of the molecule is CC(C)[C@@H](C)CC[C@@H](C)[C@H]1CC[C@H]2[C@H]3CC[C@H]4CCCC(O)[C@]4(C)[C@H]3CC[C@]12C.CC1(C)CCC(c2ccc(Cl)cc2)C1(O)Cn1cncn1. The van der Waals surface area contributed by atoms with Crippen molar-refractivity contribution in [1.29, 1.82) is 0 Å². The minimum atomic E-state index is -0.853. The smallest absolute Gasteiger partial charge is 0.137 e. The lowest BCUT2D eigenvalue weighted by molar-refractivity contribution is -0.164. The molecule has 50 heavy (non-hydrogen) atoms. The third-order valence-electron chi connectivity index (χ3n) is 16.6. The molecule has 3 unspecified atom stereocenters. The summed E-state index contributed by atoms with van der Waals surface area (Å²) < 4.78 is 1.72. The number of hydrogen-bond donors (Lipinski definition) is 2. The molecule has 5 aliphatic rings. The first-order valence-corrected chi connectivity index (χ1v) is 21.0. The van der Waals surface area contributed by atoms with E-state index in [9.17, 15) is 10.2 Å². The summed E-state index contributed by atoms with van der Waals surface area (Å²) in [7, 11) is 0. The Hall–Kier alpha value is -1.43. The fraction of sp³-hybridized carbons (Fsp3) is 0.818. The standard InChI is InChI=1S/C28H50O.C16H20ClN3O/c1-18(2)19(3)10-11-20(4)23-14-15-24-22-13-12-21-8-7-9-26(29)28(21,6)25(22)16-17-27(23,24)5;1-15(2)8-7-14(12-3-5-13(17)6-4-12)16(15,21)9-20-11-18-10-19-20/h18-26,29H,7-17H2,1-6H3;3-6,10-11,14,21H,7-9H2,1-2H3/t19-,20+,21+,22+,23+,24-,25-,26?,27+,28-;/m0./s1. The minimum absolute atomic E-state index is 0.0351. The molecule has 2 aromatic rings. The van der Waals surface area contributed by atoms with Crippen molar-refractivity contribution in [1.82, 2.24) is 14.8 Å². The Morgan fingerprint density at radius 3 is 2.28 bits per heavy atom. The summed E-state index contributed by atoms with van der Waals surface area (Å²) in [4.78, 5) is 3.98. The lowest BCUT2D eigenvalue weighted by Gasteiger charge is -2.62. The summed E-state index contributed by atoms with van der Waals surface area (Å²) in [5.41, 5.74) is 0.897. The van der Waals surface area contributed by atoms with Gasteiger partial charge in [0.05, 0.1) is 18.2 Å². The van der Waals surface area contributed by atoms with E-state index in [4.69, 9.17) is 11.6 Å². The van der Waals surface area contributed by atoms with E-state index in [2.05, 4.69) is 65.5 Å². The maximum Gasteiger partial charge on any atom is 0.137 e. The van der Waals surface area contributed by atoms with Gasteiger partial charge in [0.15, 0.2) is 0 Å².